The van der Waals surface area contributed by atoms with Gasteiger partial charge in [-0.2, -0.15) is 0 Å². The first-order valence-corrected chi connectivity index (χ1v) is 7.47. The van der Waals surface area contributed by atoms with E-state index >= 15 is 0 Å². The molecular weight excluding hydrogens is 262 g/mol. The smallest absolute Gasteiger partial charge is 0.271 e. The summed E-state index contributed by atoms with van der Waals surface area (Å²) in [5.74, 6) is 5.54. The molecule has 4 nitrogen and oxygen atoms in total. The molecule has 1 saturated carbocycles. The summed E-state index contributed by atoms with van der Waals surface area (Å²) in [6.07, 6.45) is 5.94. The minimum absolute atomic E-state index is 0.137. The summed E-state index contributed by atoms with van der Waals surface area (Å²) in [5.41, 5.74) is 6.80. The van der Waals surface area contributed by atoms with E-state index in [0.717, 1.165) is 25.7 Å². The standard InChI is InChI=1S/C17H23N3O/c1-17(2)9-7-14(8-10-17)20-16(21)15-13(5-3-11-18)6-4-12-19-15/h4,6,12,14H,7-11,18H2,1-2H3,(H,20,21). The zero-order valence-electron chi connectivity index (χ0n) is 12.8. The molecule has 0 unspecified atom stereocenters. The lowest BCUT2D eigenvalue weighted by Gasteiger charge is -2.34. The number of pyridine rings is 1. The van der Waals surface area contributed by atoms with Crippen LogP contribution < -0.4 is 11.1 Å². The molecule has 1 aliphatic carbocycles. The van der Waals surface area contributed by atoms with Crippen LogP contribution in [0.15, 0.2) is 18.3 Å². The van der Waals surface area contributed by atoms with Gasteiger partial charge in [0.25, 0.3) is 5.91 Å². The van der Waals surface area contributed by atoms with Crippen molar-refractivity contribution in [2.45, 2.75) is 45.6 Å². The monoisotopic (exact) mass is 285 g/mol. The average Bonchev–Trinajstić information content (AvgIpc) is 2.47. The number of nitrogens with two attached hydrogens (primary N) is 1. The summed E-state index contributed by atoms with van der Waals surface area (Å²) >= 11 is 0. The number of aromatic nitrogens is 1. The Morgan fingerprint density at radius 1 is 1.48 bits per heavy atom. The lowest BCUT2D eigenvalue weighted by molar-refractivity contribution is 0.0903. The van der Waals surface area contributed by atoms with Gasteiger partial charge in [0.2, 0.25) is 0 Å². The fourth-order valence-corrected chi connectivity index (χ4v) is 2.63. The van der Waals surface area contributed by atoms with Gasteiger partial charge in [0, 0.05) is 12.2 Å². The molecule has 112 valence electrons. The van der Waals surface area contributed by atoms with Crippen LogP contribution in [0.4, 0.5) is 0 Å². The number of carbonyl (C=O) groups excluding carboxylic acids is 1. The Balaban J connectivity index is 2.04. The fourth-order valence-electron chi connectivity index (χ4n) is 2.63. The Hall–Kier alpha value is -1.86. The first-order chi connectivity index (χ1) is 10.0. The van der Waals surface area contributed by atoms with Crippen molar-refractivity contribution in [3.8, 4) is 11.8 Å². The number of nitrogens with zero attached hydrogens (tertiary/aromatic N) is 1. The van der Waals surface area contributed by atoms with Gasteiger partial charge in [0.15, 0.2) is 0 Å². The molecule has 0 aliphatic heterocycles. The van der Waals surface area contributed by atoms with Crippen molar-refractivity contribution >= 4 is 5.91 Å². The molecule has 0 aromatic carbocycles. The maximum atomic E-state index is 12.4. The summed E-state index contributed by atoms with van der Waals surface area (Å²) in [6, 6.07) is 3.82. The summed E-state index contributed by atoms with van der Waals surface area (Å²) in [7, 11) is 0. The zero-order valence-corrected chi connectivity index (χ0v) is 12.8. The predicted molar refractivity (Wildman–Crippen MR) is 83.7 cm³/mol. The van der Waals surface area contributed by atoms with Crippen LogP contribution in [0.3, 0.4) is 0 Å². The molecule has 1 aliphatic rings. The maximum absolute atomic E-state index is 12.4. The van der Waals surface area contributed by atoms with Crippen LogP contribution in [0, 0.1) is 17.3 Å². The van der Waals surface area contributed by atoms with Gasteiger partial charge in [-0.1, -0.05) is 25.7 Å². The van der Waals surface area contributed by atoms with Crippen LogP contribution in [-0.2, 0) is 0 Å². The van der Waals surface area contributed by atoms with Crippen molar-refractivity contribution in [1.29, 1.82) is 0 Å². The van der Waals surface area contributed by atoms with Crippen molar-refractivity contribution in [2.24, 2.45) is 11.1 Å². The van der Waals surface area contributed by atoms with Crippen LogP contribution in [0.5, 0.6) is 0 Å². The third kappa shape index (κ3) is 4.30. The third-order valence-corrected chi connectivity index (χ3v) is 4.02. The largest absolute Gasteiger partial charge is 0.348 e. The molecule has 2 rings (SSSR count). The molecule has 0 saturated heterocycles. The van der Waals surface area contributed by atoms with Crippen molar-refractivity contribution in [2.75, 3.05) is 6.54 Å². The Bertz CT molecular complexity index is 559. The predicted octanol–water partition coefficient (Wildman–Crippen LogP) is 2.09. The Morgan fingerprint density at radius 2 is 2.19 bits per heavy atom. The Morgan fingerprint density at radius 3 is 2.86 bits per heavy atom. The SMILES string of the molecule is CC1(C)CCC(NC(=O)c2ncccc2C#CCN)CC1. The molecule has 0 radical (unpaired) electrons. The highest BCUT2D eigenvalue weighted by molar-refractivity contribution is 5.94. The fraction of sp³-hybridized carbons (Fsp3) is 0.529. The molecular formula is C17H23N3O. The van der Waals surface area contributed by atoms with Crippen LogP contribution >= 0.6 is 0 Å². The molecule has 1 aromatic rings. The van der Waals surface area contributed by atoms with E-state index in [4.69, 9.17) is 5.73 Å². The van der Waals surface area contributed by atoms with Gasteiger partial charge in [-0.05, 0) is 43.2 Å². The third-order valence-electron chi connectivity index (χ3n) is 4.02. The topological polar surface area (TPSA) is 68.0 Å². The van der Waals surface area contributed by atoms with E-state index in [0.29, 0.717) is 16.7 Å². The molecule has 1 fully saturated rings. The zero-order chi connectivity index (χ0) is 15.3. The lowest BCUT2D eigenvalue weighted by Crippen LogP contribution is -2.39. The van der Waals surface area contributed by atoms with Gasteiger partial charge in [-0.3, -0.25) is 4.79 Å². The summed E-state index contributed by atoms with van der Waals surface area (Å²) in [6.45, 7) is 4.84. The molecule has 1 aromatic heterocycles. The van der Waals surface area contributed by atoms with E-state index in [2.05, 4.69) is 36.0 Å². The second-order valence-corrected chi connectivity index (χ2v) is 6.32. The number of carbonyl (C=O) groups is 1. The second kappa shape index (κ2) is 6.73. The molecule has 1 amide bonds. The molecule has 21 heavy (non-hydrogen) atoms. The van der Waals surface area contributed by atoms with Gasteiger partial charge < -0.3 is 11.1 Å². The number of amides is 1. The minimum Gasteiger partial charge on any atom is -0.348 e. The van der Waals surface area contributed by atoms with Gasteiger partial charge >= 0.3 is 0 Å². The quantitative estimate of drug-likeness (QED) is 0.818. The summed E-state index contributed by atoms with van der Waals surface area (Å²) in [4.78, 5) is 16.6. The van der Waals surface area contributed by atoms with E-state index in [-0.39, 0.29) is 18.5 Å². The van der Waals surface area contributed by atoms with E-state index in [1.807, 2.05) is 0 Å². The molecule has 0 spiro atoms. The molecule has 1 heterocycles. The second-order valence-electron chi connectivity index (χ2n) is 6.32. The average molecular weight is 285 g/mol. The lowest BCUT2D eigenvalue weighted by atomic mass is 9.75. The number of rotatable bonds is 2. The number of hydrogen-bond acceptors (Lipinski definition) is 3. The molecule has 0 atom stereocenters. The van der Waals surface area contributed by atoms with Gasteiger partial charge in [-0.15, -0.1) is 0 Å². The highest BCUT2D eigenvalue weighted by Gasteiger charge is 2.28. The van der Waals surface area contributed by atoms with Gasteiger partial charge in [0.05, 0.1) is 12.1 Å². The van der Waals surface area contributed by atoms with E-state index in [1.54, 1.807) is 18.3 Å². The first-order valence-electron chi connectivity index (χ1n) is 7.47. The van der Waals surface area contributed by atoms with Crippen molar-refractivity contribution in [3.05, 3.63) is 29.6 Å². The normalized spacial score (nSPS) is 17.7. The van der Waals surface area contributed by atoms with Crippen LogP contribution in [-0.4, -0.2) is 23.5 Å². The summed E-state index contributed by atoms with van der Waals surface area (Å²) < 4.78 is 0. The van der Waals surface area contributed by atoms with Crippen LogP contribution in [0.2, 0.25) is 0 Å². The van der Waals surface area contributed by atoms with Crippen molar-refractivity contribution in [1.82, 2.24) is 10.3 Å². The molecule has 4 heteroatoms. The molecule has 0 bridgehead atoms. The van der Waals surface area contributed by atoms with Crippen molar-refractivity contribution < 1.29 is 4.79 Å². The van der Waals surface area contributed by atoms with Crippen molar-refractivity contribution in [3.63, 3.8) is 0 Å². The van der Waals surface area contributed by atoms with E-state index in [9.17, 15) is 4.79 Å². The van der Waals surface area contributed by atoms with E-state index < -0.39 is 0 Å². The Kier molecular flexibility index (Phi) is 4.98. The molecule has 3 N–H and O–H groups in total. The highest BCUT2D eigenvalue weighted by atomic mass is 16.1. The summed E-state index contributed by atoms with van der Waals surface area (Å²) in [5, 5.41) is 3.09. The van der Waals surface area contributed by atoms with Gasteiger partial charge in [0.1, 0.15) is 5.69 Å². The van der Waals surface area contributed by atoms with Gasteiger partial charge in [-0.25, -0.2) is 4.98 Å². The Labute approximate surface area is 126 Å². The maximum Gasteiger partial charge on any atom is 0.271 e. The van der Waals surface area contributed by atoms with E-state index in [1.165, 1.54) is 0 Å². The minimum atomic E-state index is -0.137. The highest BCUT2D eigenvalue weighted by Crippen LogP contribution is 2.35. The number of nitrogens with one attached hydrogen (secondary N) is 1. The number of hydrogen-bond donors (Lipinski definition) is 2. The van der Waals surface area contributed by atoms with Crippen LogP contribution in [0.25, 0.3) is 0 Å². The van der Waals surface area contributed by atoms with Crippen LogP contribution in [0.1, 0.15) is 55.6 Å². The first kappa shape index (κ1) is 15.5.